The van der Waals surface area contributed by atoms with Gasteiger partial charge in [0.1, 0.15) is 5.75 Å². The molecular weight excluding hydrogens is 178 g/mol. The van der Waals surface area contributed by atoms with Gasteiger partial charge in [-0.2, -0.15) is 0 Å². The molecule has 3 N–H and O–H groups in total. The van der Waals surface area contributed by atoms with Gasteiger partial charge in [0.25, 0.3) is 0 Å². The Morgan fingerprint density at radius 3 is 2.50 bits per heavy atom. The minimum Gasteiger partial charge on any atom is -0.508 e. The quantitative estimate of drug-likeness (QED) is 0.649. The molecule has 0 saturated carbocycles. The fraction of sp³-hybridized carbons (Fsp3) is 0.455. The zero-order valence-corrected chi connectivity index (χ0v) is 8.83. The molecule has 3 nitrogen and oxygen atoms in total. The van der Waals surface area contributed by atoms with E-state index in [1.54, 1.807) is 6.07 Å². The van der Waals surface area contributed by atoms with Gasteiger partial charge in [-0.1, -0.05) is 19.9 Å². The van der Waals surface area contributed by atoms with E-state index in [-0.39, 0.29) is 12.3 Å². The highest BCUT2D eigenvalue weighted by molar-refractivity contribution is 5.42. The Hall–Kier alpha value is -1.06. The SMILES string of the molecule is Cc1cc(O)c(CNO)cc1C(C)C. The molecule has 0 fully saturated rings. The van der Waals surface area contributed by atoms with Gasteiger partial charge in [0, 0.05) is 12.1 Å². The van der Waals surface area contributed by atoms with Crippen molar-refractivity contribution in [2.45, 2.75) is 33.2 Å². The molecule has 0 heterocycles. The largest absolute Gasteiger partial charge is 0.508 e. The van der Waals surface area contributed by atoms with Crippen molar-refractivity contribution in [2.75, 3.05) is 0 Å². The number of benzene rings is 1. The second-order valence-electron chi connectivity index (χ2n) is 3.83. The van der Waals surface area contributed by atoms with E-state index in [9.17, 15) is 5.11 Å². The Balaban J connectivity index is 3.13. The maximum atomic E-state index is 9.58. The van der Waals surface area contributed by atoms with E-state index in [0.29, 0.717) is 5.92 Å². The molecule has 0 bridgehead atoms. The summed E-state index contributed by atoms with van der Waals surface area (Å²) in [5.41, 5.74) is 5.06. The van der Waals surface area contributed by atoms with Gasteiger partial charge in [-0.15, -0.1) is 0 Å². The third-order valence-corrected chi connectivity index (χ3v) is 2.36. The summed E-state index contributed by atoms with van der Waals surface area (Å²) in [5, 5.41) is 18.2. The summed E-state index contributed by atoms with van der Waals surface area (Å²) in [4.78, 5) is 0. The van der Waals surface area contributed by atoms with Crippen molar-refractivity contribution in [3.05, 3.63) is 28.8 Å². The first-order valence-electron chi connectivity index (χ1n) is 4.75. The molecule has 0 atom stereocenters. The zero-order chi connectivity index (χ0) is 10.7. The molecule has 1 aromatic carbocycles. The Labute approximate surface area is 84.3 Å². The Morgan fingerprint density at radius 2 is 2.00 bits per heavy atom. The van der Waals surface area contributed by atoms with Gasteiger partial charge in [0.05, 0.1) is 0 Å². The molecule has 78 valence electrons. The van der Waals surface area contributed by atoms with Crippen LogP contribution in [0.4, 0.5) is 0 Å². The van der Waals surface area contributed by atoms with Crippen molar-refractivity contribution in [3.8, 4) is 5.75 Å². The summed E-state index contributed by atoms with van der Waals surface area (Å²) in [6, 6.07) is 3.67. The summed E-state index contributed by atoms with van der Waals surface area (Å²) >= 11 is 0. The number of hydrogen-bond donors (Lipinski definition) is 3. The van der Waals surface area contributed by atoms with Crippen molar-refractivity contribution >= 4 is 0 Å². The second-order valence-corrected chi connectivity index (χ2v) is 3.83. The Bertz CT molecular complexity index is 321. The molecule has 0 saturated heterocycles. The molecule has 0 aliphatic carbocycles. The fourth-order valence-electron chi connectivity index (χ4n) is 1.61. The van der Waals surface area contributed by atoms with Crippen LogP contribution in [-0.4, -0.2) is 10.3 Å². The number of hydrogen-bond acceptors (Lipinski definition) is 3. The lowest BCUT2D eigenvalue weighted by molar-refractivity contribution is 0.160. The summed E-state index contributed by atoms with van der Waals surface area (Å²) in [6.45, 7) is 6.46. The van der Waals surface area contributed by atoms with Gasteiger partial charge < -0.3 is 10.3 Å². The standard InChI is InChI=1S/C11H17NO2/c1-7(2)10-5-9(6-12-14)11(13)4-8(10)3/h4-5,7,12-14H,6H2,1-3H3. The predicted octanol–water partition coefficient (Wildman–Crippen LogP) is 2.30. The van der Waals surface area contributed by atoms with E-state index >= 15 is 0 Å². The van der Waals surface area contributed by atoms with Crippen LogP contribution in [0.3, 0.4) is 0 Å². The number of phenolic OH excluding ortho intramolecular Hbond substituents is 1. The monoisotopic (exact) mass is 195 g/mol. The minimum atomic E-state index is 0.230. The Kier molecular flexibility index (Phi) is 3.49. The number of aromatic hydroxyl groups is 1. The molecule has 1 aromatic rings. The first-order valence-corrected chi connectivity index (χ1v) is 4.75. The highest BCUT2D eigenvalue weighted by Crippen LogP contribution is 2.26. The molecule has 1 rings (SSSR count). The Morgan fingerprint density at radius 1 is 1.36 bits per heavy atom. The highest BCUT2D eigenvalue weighted by atomic mass is 16.5. The maximum Gasteiger partial charge on any atom is 0.120 e. The van der Waals surface area contributed by atoms with Gasteiger partial charge in [0.2, 0.25) is 0 Å². The highest BCUT2D eigenvalue weighted by Gasteiger charge is 2.08. The molecule has 0 spiro atoms. The van der Waals surface area contributed by atoms with E-state index in [4.69, 9.17) is 5.21 Å². The van der Waals surface area contributed by atoms with Crippen LogP contribution in [0.2, 0.25) is 0 Å². The predicted molar refractivity (Wildman–Crippen MR) is 55.6 cm³/mol. The summed E-state index contributed by atoms with van der Waals surface area (Å²) < 4.78 is 0. The number of rotatable bonds is 3. The van der Waals surface area contributed by atoms with E-state index in [2.05, 4.69) is 19.3 Å². The summed E-state index contributed by atoms with van der Waals surface area (Å²) in [6.07, 6.45) is 0. The van der Waals surface area contributed by atoms with E-state index in [1.165, 1.54) is 5.56 Å². The van der Waals surface area contributed by atoms with Crippen molar-refractivity contribution in [2.24, 2.45) is 0 Å². The fourth-order valence-corrected chi connectivity index (χ4v) is 1.61. The number of nitrogens with one attached hydrogen (secondary N) is 1. The third-order valence-electron chi connectivity index (χ3n) is 2.36. The van der Waals surface area contributed by atoms with E-state index in [1.807, 2.05) is 13.0 Å². The first-order chi connectivity index (χ1) is 6.56. The number of hydroxylamine groups is 1. The zero-order valence-electron chi connectivity index (χ0n) is 8.83. The van der Waals surface area contributed by atoms with Gasteiger partial charge >= 0.3 is 0 Å². The molecule has 0 aliphatic rings. The van der Waals surface area contributed by atoms with Crippen LogP contribution in [0.15, 0.2) is 12.1 Å². The van der Waals surface area contributed by atoms with Crippen LogP contribution in [0, 0.1) is 6.92 Å². The number of phenols is 1. The average Bonchev–Trinajstić information content (AvgIpc) is 2.09. The maximum absolute atomic E-state index is 9.58. The van der Waals surface area contributed by atoms with Crippen LogP contribution >= 0.6 is 0 Å². The van der Waals surface area contributed by atoms with Crippen molar-refractivity contribution < 1.29 is 10.3 Å². The third kappa shape index (κ3) is 2.25. The van der Waals surface area contributed by atoms with Crippen LogP contribution in [-0.2, 0) is 6.54 Å². The molecular formula is C11H17NO2. The normalized spacial score (nSPS) is 10.9. The molecule has 0 radical (unpaired) electrons. The van der Waals surface area contributed by atoms with Gasteiger partial charge in [-0.05, 0) is 30.0 Å². The lowest BCUT2D eigenvalue weighted by Crippen LogP contribution is -2.07. The molecule has 3 heteroatoms. The second kappa shape index (κ2) is 4.44. The van der Waals surface area contributed by atoms with Crippen LogP contribution in [0.5, 0.6) is 5.75 Å². The topological polar surface area (TPSA) is 52.5 Å². The van der Waals surface area contributed by atoms with Crippen LogP contribution in [0.1, 0.15) is 36.5 Å². The average molecular weight is 195 g/mol. The van der Waals surface area contributed by atoms with Gasteiger partial charge in [0.15, 0.2) is 0 Å². The van der Waals surface area contributed by atoms with Gasteiger partial charge in [-0.25, -0.2) is 5.48 Å². The molecule has 0 aromatic heterocycles. The molecule has 14 heavy (non-hydrogen) atoms. The lowest BCUT2D eigenvalue weighted by Gasteiger charge is -2.13. The van der Waals surface area contributed by atoms with E-state index < -0.39 is 0 Å². The van der Waals surface area contributed by atoms with Crippen molar-refractivity contribution in [1.82, 2.24) is 5.48 Å². The van der Waals surface area contributed by atoms with Gasteiger partial charge in [-0.3, -0.25) is 0 Å². The van der Waals surface area contributed by atoms with E-state index in [0.717, 1.165) is 11.1 Å². The van der Waals surface area contributed by atoms with Crippen LogP contribution < -0.4 is 5.48 Å². The molecule has 0 unspecified atom stereocenters. The smallest absolute Gasteiger partial charge is 0.120 e. The van der Waals surface area contributed by atoms with Crippen molar-refractivity contribution in [3.63, 3.8) is 0 Å². The lowest BCUT2D eigenvalue weighted by atomic mass is 9.95. The number of aryl methyl sites for hydroxylation is 1. The van der Waals surface area contributed by atoms with Crippen LogP contribution in [0.25, 0.3) is 0 Å². The summed E-state index contributed by atoms with van der Waals surface area (Å²) in [7, 11) is 0. The summed E-state index contributed by atoms with van der Waals surface area (Å²) in [5.74, 6) is 0.654. The first kappa shape index (κ1) is 11.0. The minimum absolute atomic E-state index is 0.230. The molecule has 0 aliphatic heterocycles. The molecule has 0 amide bonds. The van der Waals surface area contributed by atoms with Crippen molar-refractivity contribution in [1.29, 1.82) is 0 Å².